The molecule has 0 saturated heterocycles. The lowest BCUT2D eigenvalue weighted by molar-refractivity contribution is -0.357. The summed E-state index contributed by atoms with van der Waals surface area (Å²) in [5, 5.41) is 3.41. The average molecular weight is 502 g/mol. The second-order valence-electron chi connectivity index (χ2n) is 9.98. The summed E-state index contributed by atoms with van der Waals surface area (Å²) in [4.78, 5) is 37.4. The fraction of sp³-hybridized carbons (Fsp3) is 0.609. The molecule has 7 nitrogen and oxygen atoms in total. The highest BCUT2D eigenvalue weighted by Crippen LogP contribution is 2.69. The van der Waals surface area contributed by atoms with Crippen LogP contribution in [0.4, 0.5) is 13.2 Å². The Kier molecular flexibility index (Phi) is 5.69. The number of nitrogens with one attached hydrogen (secondary N) is 1. The van der Waals surface area contributed by atoms with Crippen molar-refractivity contribution in [2.45, 2.75) is 75.2 Å². The van der Waals surface area contributed by atoms with Gasteiger partial charge in [-0.05, 0) is 42.9 Å². The molecule has 4 fully saturated rings. The Morgan fingerprint density at radius 2 is 1.88 bits per heavy atom. The normalized spacial score (nSPS) is 33.5. The maximum absolute atomic E-state index is 12.7. The van der Waals surface area contributed by atoms with Crippen LogP contribution in [-0.2, 0) is 19.1 Å². The van der Waals surface area contributed by atoms with Crippen LogP contribution in [0, 0.1) is 5.41 Å². The Bertz CT molecular complexity index is 1020. The van der Waals surface area contributed by atoms with E-state index in [9.17, 15) is 27.6 Å². The van der Waals surface area contributed by atoms with E-state index in [0.717, 1.165) is 0 Å². The molecule has 1 heterocycles. The van der Waals surface area contributed by atoms with E-state index in [1.54, 1.807) is 12.1 Å². The van der Waals surface area contributed by atoms with Crippen molar-refractivity contribution in [2.75, 3.05) is 6.61 Å². The first-order chi connectivity index (χ1) is 15.9. The van der Waals surface area contributed by atoms with Gasteiger partial charge in [0.2, 0.25) is 0 Å². The van der Waals surface area contributed by atoms with Crippen LogP contribution in [0.15, 0.2) is 18.2 Å². The highest BCUT2D eigenvalue weighted by Gasteiger charge is 2.68. The summed E-state index contributed by atoms with van der Waals surface area (Å²) in [5.41, 5.74) is -0.171. The van der Waals surface area contributed by atoms with Gasteiger partial charge >= 0.3 is 6.36 Å². The van der Waals surface area contributed by atoms with Crippen LogP contribution < -0.4 is 10.1 Å². The van der Waals surface area contributed by atoms with Crippen LogP contribution >= 0.6 is 11.6 Å². The molecule has 1 aromatic rings. The summed E-state index contributed by atoms with van der Waals surface area (Å²) in [6.45, 7) is -0.133. The molecule has 6 rings (SSSR count). The zero-order valence-corrected chi connectivity index (χ0v) is 18.8. The number of ketones is 2. The summed E-state index contributed by atoms with van der Waals surface area (Å²) in [5.74, 6) is -0.316. The van der Waals surface area contributed by atoms with Crippen LogP contribution in [0.3, 0.4) is 0 Å². The SMILES string of the molecule is O=C(COC1CC(OC(F)(F)F)C1)CC12CC(NC(=O)C3CC(=O)c4cc(Cl)ccc4O3)(C1)C2. The van der Waals surface area contributed by atoms with Gasteiger partial charge in [-0.15, -0.1) is 13.2 Å². The van der Waals surface area contributed by atoms with Crippen molar-refractivity contribution < 1.29 is 41.8 Å². The lowest BCUT2D eigenvalue weighted by Gasteiger charge is -2.70. The molecule has 11 heteroatoms. The predicted octanol–water partition coefficient (Wildman–Crippen LogP) is 3.76. The molecule has 1 aromatic carbocycles. The van der Waals surface area contributed by atoms with E-state index in [-0.39, 0.29) is 54.3 Å². The fourth-order valence-electron chi connectivity index (χ4n) is 5.72. The third-order valence-corrected chi connectivity index (χ3v) is 7.34. The number of hydrogen-bond donors (Lipinski definition) is 1. The minimum absolute atomic E-state index is 0.0632. The van der Waals surface area contributed by atoms with Gasteiger partial charge in [0.05, 0.1) is 24.2 Å². The van der Waals surface area contributed by atoms with Gasteiger partial charge in [0.15, 0.2) is 17.7 Å². The minimum Gasteiger partial charge on any atom is -0.479 e. The van der Waals surface area contributed by atoms with E-state index in [1.165, 1.54) is 6.07 Å². The van der Waals surface area contributed by atoms with Crippen LogP contribution in [0.5, 0.6) is 5.75 Å². The van der Waals surface area contributed by atoms with E-state index in [0.29, 0.717) is 42.0 Å². The van der Waals surface area contributed by atoms with E-state index in [4.69, 9.17) is 21.1 Å². The molecule has 4 aliphatic carbocycles. The lowest BCUT2D eigenvalue weighted by atomic mass is 9.38. The molecule has 0 spiro atoms. The van der Waals surface area contributed by atoms with Gasteiger partial charge in [-0.2, -0.15) is 0 Å². The summed E-state index contributed by atoms with van der Waals surface area (Å²) in [7, 11) is 0. The predicted molar refractivity (Wildman–Crippen MR) is 111 cm³/mol. The number of rotatable bonds is 8. The molecule has 1 atom stereocenters. The molecule has 0 radical (unpaired) electrons. The van der Waals surface area contributed by atoms with Crippen molar-refractivity contribution in [1.29, 1.82) is 0 Å². The first kappa shape index (κ1) is 23.6. The maximum Gasteiger partial charge on any atom is 0.522 e. The average Bonchev–Trinajstić information content (AvgIpc) is 2.66. The molecule has 0 aromatic heterocycles. The zero-order valence-electron chi connectivity index (χ0n) is 18.1. The number of carbonyl (C=O) groups excluding carboxylic acids is 3. The Balaban J connectivity index is 1.03. The maximum atomic E-state index is 12.7. The number of amides is 1. The number of alkyl halides is 3. The van der Waals surface area contributed by atoms with E-state index < -0.39 is 24.7 Å². The number of hydrogen-bond acceptors (Lipinski definition) is 6. The van der Waals surface area contributed by atoms with Crippen molar-refractivity contribution in [2.24, 2.45) is 5.41 Å². The highest BCUT2D eigenvalue weighted by molar-refractivity contribution is 6.31. The quantitative estimate of drug-likeness (QED) is 0.583. The van der Waals surface area contributed by atoms with Gasteiger partial charge < -0.3 is 14.8 Å². The van der Waals surface area contributed by atoms with Crippen molar-refractivity contribution in [3.63, 3.8) is 0 Å². The minimum atomic E-state index is -4.65. The number of fused-ring (bicyclic) bond motifs is 1. The third kappa shape index (κ3) is 4.67. The lowest BCUT2D eigenvalue weighted by Crippen LogP contribution is -2.75. The van der Waals surface area contributed by atoms with Crippen LogP contribution in [-0.4, -0.2) is 54.3 Å². The Morgan fingerprint density at radius 1 is 1.18 bits per heavy atom. The molecule has 1 amide bonds. The van der Waals surface area contributed by atoms with Crippen molar-refractivity contribution >= 4 is 29.1 Å². The third-order valence-electron chi connectivity index (χ3n) is 7.11. The van der Waals surface area contributed by atoms with Gasteiger partial charge in [0.1, 0.15) is 12.4 Å². The van der Waals surface area contributed by atoms with Gasteiger partial charge in [-0.1, -0.05) is 11.6 Å². The Morgan fingerprint density at radius 3 is 2.56 bits per heavy atom. The molecule has 4 saturated carbocycles. The Labute approximate surface area is 198 Å². The van der Waals surface area contributed by atoms with Gasteiger partial charge in [0, 0.05) is 29.8 Å². The van der Waals surface area contributed by atoms with Crippen LogP contribution in [0.25, 0.3) is 0 Å². The molecule has 1 N–H and O–H groups in total. The number of benzene rings is 1. The molecular weight excluding hydrogens is 479 g/mol. The van der Waals surface area contributed by atoms with Crippen LogP contribution in [0.1, 0.15) is 55.3 Å². The summed E-state index contributed by atoms with van der Waals surface area (Å²) >= 11 is 5.92. The summed E-state index contributed by atoms with van der Waals surface area (Å²) < 4.78 is 51.4. The van der Waals surface area contributed by atoms with Gasteiger partial charge in [-0.3, -0.25) is 19.1 Å². The molecule has 1 unspecified atom stereocenters. The second kappa shape index (κ2) is 8.20. The molecule has 34 heavy (non-hydrogen) atoms. The highest BCUT2D eigenvalue weighted by atomic mass is 35.5. The summed E-state index contributed by atoms with van der Waals surface area (Å²) in [6.07, 6.45) is -4.39. The van der Waals surface area contributed by atoms with Crippen molar-refractivity contribution in [3.05, 3.63) is 28.8 Å². The molecule has 2 bridgehead atoms. The van der Waals surface area contributed by atoms with Crippen molar-refractivity contribution in [3.8, 4) is 5.75 Å². The second-order valence-corrected chi connectivity index (χ2v) is 10.4. The first-order valence-corrected chi connectivity index (χ1v) is 11.5. The van der Waals surface area contributed by atoms with E-state index in [1.807, 2.05) is 0 Å². The summed E-state index contributed by atoms with van der Waals surface area (Å²) in [6, 6.07) is 4.70. The first-order valence-electron chi connectivity index (χ1n) is 11.1. The molecule has 184 valence electrons. The monoisotopic (exact) mass is 501 g/mol. The van der Waals surface area contributed by atoms with Gasteiger partial charge in [0.25, 0.3) is 5.91 Å². The number of carbonyl (C=O) groups is 3. The van der Waals surface area contributed by atoms with E-state index >= 15 is 0 Å². The largest absolute Gasteiger partial charge is 0.522 e. The number of halogens is 4. The fourth-order valence-corrected chi connectivity index (χ4v) is 5.89. The van der Waals surface area contributed by atoms with Crippen molar-refractivity contribution in [1.82, 2.24) is 5.32 Å². The molecule has 1 aliphatic heterocycles. The van der Waals surface area contributed by atoms with Crippen LogP contribution in [0.2, 0.25) is 5.02 Å². The standard InChI is InChI=1S/C23H23ClF3NO6/c24-12-1-2-18-16(3-12)17(30)6-19(33-18)20(31)28-22-9-21(10-22,11-22)7-13(29)8-32-14-4-15(5-14)34-23(25,26)27/h1-3,14-15,19H,4-11H2,(H,28,31). The smallest absolute Gasteiger partial charge is 0.479 e. The van der Waals surface area contributed by atoms with Gasteiger partial charge in [-0.25, -0.2) is 0 Å². The molecule has 5 aliphatic rings. The zero-order chi connectivity index (χ0) is 24.3. The Hall–Kier alpha value is -2.17. The van der Waals surface area contributed by atoms with E-state index in [2.05, 4.69) is 10.1 Å². The topological polar surface area (TPSA) is 90.9 Å². The number of Topliss-reactive ketones (excluding diaryl/α,β-unsaturated/α-hetero) is 2. The number of ether oxygens (including phenoxy) is 3. The molecular formula is C23H23ClF3NO6.